The van der Waals surface area contributed by atoms with Gasteiger partial charge < -0.3 is 14.5 Å². The second-order valence-corrected chi connectivity index (χ2v) is 6.21. The first-order chi connectivity index (χ1) is 13.2. The number of nitrogens with zero attached hydrogens (tertiary/aromatic N) is 2. The Kier molecular flexibility index (Phi) is 4.38. The summed E-state index contributed by atoms with van der Waals surface area (Å²) in [6.45, 7) is 1.87. The lowest BCUT2D eigenvalue weighted by Gasteiger charge is -2.10. The average Bonchev–Trinajstić information content (AvgIpc) is 3.33. The third-order valence-electron chi connectivity index (χ3n) is 4.36. The second kappa shape index (κ2) is 6.99. The predicted molar refractivity (Wildman–Crippen MR) is 102 cm³/mol. The van der Waals surface area contributed by atoms with E-state index in [4.69, 9.17) is 9.15 Å². The Morgan fingerprint density at radius 1 is 1.15 bits per heavy atom. The summed E-state index contributed by atoms with van der Waals surface area (Å²) in [6.07, 6.45) is 1.69. The molecule has 1 atom stereocenters. The van der Waals surface area contributed by atoms with Crippen LogP contribution in [0, 0.1) is 0 Å². The Morgan fingerprint density at radius 2 is 1.89 bits per heavy atom. The van der Waals surface area contributed by atoms with Crippen LogP contribution in [0.3, 0.4) is 0 Å². The predicted octanol–water partition coefficient (Wildman–Crippen LogP) is 4.12. The fourth-order valence-electron chi connectivity index (χ4n) is 2.93. The number of hydrogen-bond donors (Lipinski definition) is 1. The van der Waals surface area contributed by atoms with Gasteiger partial charge in [0.1, 0.15) is 11.3 Å². The molecule has 0 bridgehead atoms. The van der Waals surface area contributed by atoms with E-state index in [0.717, 1.165) is 16.7 Å². The van der Waals surface area contributed by atoms with Gasteiger partial charge in [-0.15, -0.1) is 0 Å². The van der Waals surface area contributed by atoms with Crippen LogP contribution in [0.1, 0.15) is 29.2 Å². The number of nitrogens with one attached hydrogen (secondary N) is 1. The smallest absolute Gasteiger partial charge is 0.276 e. The number of rotatable bonds is 5. The largest absolute Gasteiger partial charge is 0.493 e. The van der Waals surface area contributed by atoms with Gasteiger partial charge in [0.05, 0.1) is 25.0 Å². The molecule has 2 heterocycles. The molecule has 6 heteroatoms. The van der Waals surface area contributed by atoms with E-state index in [1.54, 1.807) is 10.9 Å². The maximum Gasteiger partial charge on any atom is 0.276 e. The van der Waals surface area contributed by atoms with Gasteiger partial charge in [-0.1, -0.05) is 36.4 Å². The van der Waals surface area contributed by atoms with E-state index in [-0.39, 0.29) is 17.6 Å². The molecule has 27 heavy (non-hydrogen) atoms. The summed E-state index contributed by atoms with van der Waals surface area (Å²) < 4.78 is 12.8. The van der Waals surface area contributed by atoms with Crippen LogP contribution in [0.4, 0.5) is 0 Å². The third kappa shape index (κ3) is 3.29. The van der Waals surface area contributed by atoms with Gasteiger partial charge in [0, 0.05) is 5.39 Å². The van der Waals surface area contributed by atoms with Gasteiger partial charge in [-0.25, -0.2) is 4.68 Å². The molecule has 6 nitrogen and oxygen atoms in total. The minimum atomic E-state index is -0.325. The number of methoxy groups -OCH3 is 1. The lowest BCUT2D eigenvalue weighted by molar-refractivity contribution is 0.0927. The molecule has 0 radical (unpaired) electrons. The lowest BCUT2D eigenvalue weighted by Crippen LogP contribution is -2.27. The molecule has 0 aliphatic heterocycles. The quantitative estimate of drug-likeness (QED) is 0.581. The highest BCUT2D eigenvalue weighted by Crippen LogP contribution is 2.25. The zero-order valence-corrected chi connectivity index (χ0v) is 15.0. The van der Waals surface area contributed by atoms with Crippen molar-refractivity contribution < 1.29 is 13.9 Å². The monoisotopic (exact) mass is 361 g/mol. The summed E-state index contributed by atoms with van der Waals surface area (Å²) in [5.41, 5.74) is 1.86. The number of aromatic nitrogens is 2. The summed E-state index contributed by atoms with van der Waals surface area (Å²) >= 11 is 0. The van der Waals surface area contributed by atoms with E-state index < -0.39 is 0 Å². The minimum Gasteiger partial charge on any atom is -0.493 e. The number of carbonyl (C=O) groups excluding carboxylic acids is 1. The number of benzene rings is 2. The molecule has 0 saturated heterocycles. The molecular weight excluding hydrogens is 342 g/mol. The maximum atomic E-state index is 12.8. The van der Waals surface area contributed by atoms with Crippen molar-refractivity contribution in [3.63, 3.8) is 0 Å². The highest BCUT2D eigenvalue weighted by atomic mass is 16.5. The summed E-state index contributed by atoms with van der Waals surface area (Å²) in [5.74, 6) is 0.772. The van der Waals surface area contributed by atoms with Gasteiger partial charge in [0.2, 0.25) is 0 Å². The molecule has 0 fully saturated rings. The molecule has 4 aromatic rings. The molecule has 0 spiro atoms. The van der Waals surface area contributed by atoms with Gasteiger partial charge >= 0.3 is 0 Å². The first-order valence-corrected chi connectivity index (χ1v) is 8.64. The Labute approximate surface area is 156 Å². The molecule has 136 valence electrons. The van der Waals surface area contributed by atoms with E-state index >= 15 is 0 Å². The number of carbonyl (C=O) groups is 1. The van der Waals surface area contributed by atoms with Crippen molar-refractivity contribution in [3.8, 4) is 11.4 Å². The van der Waals surface area contributed by atoms with Crippen LogP contribution in [0.2, 0.25) is 0 Å². The lowest BCUT2D eigenvalue weighted by atomic mass is 10.2. The highest BCUT2D eigenvalue weighted by Gasteiger charge is 2.22. The van der Waals surface area contributed by atoms with E-state index in [0.29, 0.717) is 11.5 Å². The third-order valence-corrected chi connectivity index (χ3v) is 4.36. The van der Waals surface area contributed by atoms with E-state index in [9.17, 15) is 4.79 Å². The maximum absolute atomic E-state index is 12.8. The molecule has 2 aromatic carbocycles. The van der Waals surface area contributed by atoms with Crippen molar-refractivity contribution >= 4 is 16.9 Å². The molecule has 4 rings (SSSR count). The van der Waals surface area contributed by atoms with Crippen LogP contribution in [0.15, 0.2) is 71.3 Å². The summed E-state index contributed by atoms with van der Waals surface area (Å²) in [6, 6.07) is 18.9. The van der Waals surface area contributed by atoms with Gasteiger partial charge in [-0.05, 0) is 31.2 Å². The normalized spacial score (nSPS) is 12.1. The fraction of sp³-hybridized carbons (Fsp3) is 0.143. The Morgan fingerprint density at radius 3 is 2.63 bits per heavy atom. The molecule has 0 aliphatic carbocycles. The number of para-hydroxylation sites is 2. The first-order valence-electron chi connectivity index (χ1n) is 8.64. The zero-order valence-electron chi connectivity index (χ0n) is 15.0. The van der Waals surface area contributed by atoms with Crippen LogP contribution in [-0.2, 0) is 0 Å². The Bertz CT molecular complexity index is 1050. The summed E-state index contributed by atoms with van der Waals surface area (Å²) in [5, 5.41) is 8.31. The zero-order chi connectivity index (χ0) is 18.8. The van der Waals surface area contributed by atoms with Crippen molar-refractivity contribution in [1.29, 1.82) is 0 Å². The van der Waals surface area contributed by atoms with Crippen molar-refractivity contribution in [2.75, 3.05) is 7.11 Å². The molecule has 0 saturated carbocycles. The number of furan rings is 1. The second-order valence-electron chi connectivity index (χ2n) is 6.21. The van der Waals surface area contributed by atoms with Crippen LogP contribution >= 0.6 is 0 Å². The van der Waals surface area contributed by atoms with Gasteiger partial charge in [-0.2, -0.15) is 5.10 Å². The van der Waals surface area contributed by atoms with E-state index in [1.807, 2.05) is 67.6 Å². The van der Waals surface area contributed by atoms with Crippen LogP contribution in [0.5, 0.6) is 5.75 Å². The van der Waals surface area contributed by atoms with Gasteiger partial charge in [-0.3, -0.25) is 4.79 Å². The van der Waals surface area contributed by atoms with Crippen LogP contribution in [-0.4, -0.2) is 22.8 Å². The SMILES string of the molecule is COc1cn(-c2ccccc2)nc1C(=O)N[C@@H](C)c1cc2ccccc2o1. The number of fused-ring (bicyclic) bond motifs is 1. The van der Waals surface area contributed by atoms with Crippen molar-refractivity contribution in [2.24, 2.45) is 0 Å². The van der Waals surface area contributed by atoms with Crippen LogP contribution in [0.25, 0.3) is 16.7 Å². The topological polar surface area (TPSA) is 69.3 Å². The van der Waals surface area contributed by atoms with Crippen molar-refractivity contribution in [2.45, 2.75) is 13.0 Å². The summed E-state index contributed by atoms with van der Waals surface area (Å²) in [7, 11) is 1.52. The average molecular weight is 361 g/mol. The summed E-state index contributed by atoms with van der Waals surface area (Å²) in [4.78, 5) is 12.8. The van der Waals surface area contributed by atoms with Crippen LogP contribution < -0.4 is 10.1 Å². The van der Waals surface area contributed by atoms with Crippen molar-refractivity contribution in [1.82, 2.24) is 15.1 Å². The highest BCUT2D eigenvalue weighted by molar-refractivity contribution is 5.95. The number of amides is 1. The van der Waals surface area contributed by atoms with Crippen molar-refractivity contribution in [3.05, 3.63) is 78.3 Å². The molecule has 0 aliphatic rings. The van der Waals surface area contributed by atoms with E-state index in [2.05, 4.69) is 10.4 Å². The minimum absolute atomic E-state index is 0.226. The molecular formula is C21H19N3O3. The molecule has 1 amide bonds. The Balaban J connectivity index is 1.58. The van der Waals surface area contributed by atoms with E-state index in [1.165, 1.54) is 7.11 Å². The number of hydrogen-bond acceptors (Lipinski definition) is 4. The number of ether oxygens (including phenoxy) is 1. The van der Waals surface area contributed by atoms with Gasteiger partial charge in [0.25, 0.3) is 5.91 Å². The van der Waals surface area contributed by atoms with Gasteiger partial charge in [0.15, 0.2) is 11.4 Å². The first kappa shape index (κ1) is 16.9. The molecule has 1 N–H and O–H groups in total. The Hall–Kier alpha value is -3.54. The standard InChI is InChI=1S/C21H19N3O3/c1-14(18-12-15-8-6-7-11-17(15)27-18)22-21(25)20-19(26-2)13-24(23-20)16-9-4-3-5-10-16/h3-14H,1-2H3,(H,22,25)/t14-/m0/s1. The fourth-order valence-corrected chi connectivity index (χ4v) is 2.93. The molecule has 2 aromatic heterocycles. The molecule has 0 unspecified atom stereocenters.